The Morgan fingerprint density at radius 3 is 2.69 bits per heavy atom. The van der Waals surface area contributed by atoms with Crippen molar-refractivity contribution >= 4 is 11.9 Å². The van der Waals surface area contributed by atoms with Crippen molar-refractivity contribution in [3.05, 3.63) is 82.9 Å². The van der Waals surface area contributed by atoms with E-state index in [0.29, 0.717) is 31.1 Å². The number of rotatable bonds is 7. The third kappa shape index (κ3) is 4.74. The zero-order valence-electron chi connectivity index (χ0n) is 17.9. The van der Waals surface area contributed by atoms with Gasteiger partial charge in [0.1, 0.15) is 18.2 Å². The Bertz CT molecular complexity index is 1110. The molecule has 0 spiro atoms. The van der Waals surface area contributed by atoms with Gasteiger partial charge >= 0.3 is 6.09 Å². The maximum Gasteiger partial charge on any atom is 0.407 e. The number of benzene rings is 1. The van der Waals surface area contributed by atoms with E-state index in [1.807, 2.05) is 49.4 Å². The number of ether oxygens (including phenoxy) is 1. The summed E-state index contributed by atoms with van der Waals surface area (Å²) in [5.74, 6) is 1.29. The quantitative estimate of drug-likeness (QED) is 0.613. The van der Waals surface area contributed by atoms with Gasteiger partial charge in [-0.25, -0.2) is 9.78 Å². The molecule has 32 heavy (non-hydrogen) atoms. The molecule has 0 radical (unpaired) electrons. The Morgan fingerprint density at radius 1 is 1.22 bits per heavy atom. The van der Waals surface area contributed by atoms with E-state index in [9.17, 15) is 14.7 Å². The molecule has 0 saturated carbocycles. The highest BCUT2D eigenvalue weighted by atomic mass is 16.5. The molecule has 3 heterocycles. The van der Waals surface area contributed by atoms with Crippen LogP contribution in [-0.4, -0.2) is 51.3 Å². The number of hydrogen-bond donors (Lipinski definition) is 1. The minimum Gasteiger partial charge on any atom is -0.489 e. The van der Waals surface area contributed by atoms with Gasteiger partial charge in [0.15, 0.2) is 0 Å². The molecule has 8 heteroatoms. The van der Waals surface area contributed by atoms with E-state index in [2.05, 4.69) is 9.88 Å². The van der Waals surface area contributed by atoms with Crippen LogP contribution in [0.25, 0.3) is 5.69 Å². The smallest absolute Gasteiger partial charge is 0.407 e. The van der Waals surface area contributed by atoms with Gasteiger partial charge in [-0.1, -0.05) is 30.3 Å². The van der Waals surface area contributed by atoms with Crippen LogP contribution in [0.5, 0.6) is 5.75 Å². The van der Waals surface area contributed by atoms with Gasteiger partial charge in [0, 0.05) is 31.9 Å². The molecule has 1 atom stereocenters. The summed E-state index contributed by atoms with van der Waals surface area (Å²) in [7, 11) is 0. The molecule has 166 valence electrons. The van der Waals surface area contributed by atoms with Crippen molar-refractivity contribution in [2.45, 2.75) is 26.0 Å². The third-order valence-electron chi connectivity index (χ3n) is 5.66. The Kier molecular flexibility index (Phi) is 6.39. The highest BCUT2D eigenvalue weighted by Gasteiger charge is 2.30. The monoisotopic (exact) mass is 434 g/mol. The molecule has 1 aliphatic heterocycles. The van der Waals surface area contributed by atoms with Crippen LogP contribution in [0.3, 0.4) is 0 Å². The van der Waals surface area contributed by atoms with Gasteiger partial charge in [-0.3, -0.25) is 9.36 Å². The topological polar surface area (TPSA) is 87.9 Å². The molecule has 1 N–H and O–H groups in total. The van der Waals surface area contributed by atoms with E-state index in [4.69, 9.17) is 4.74 Å². The van der Waals surface area contributed by atoms with Crippen LogP contribution in [0.4, 0.5) is 10.6 Å². The SMILES string of the molecule is CCN(C(=O)O)[C@@H]1CCN(c2ccc(-n3ccc(OCc4ccccc4)cc3=O)cn2)C1. The van der Waals surface area contributed by atoms with Gasteiger partial charge in [0.2, 0.25) is 0 Å². The predicted molar refractivity (Wildman–Crippen MR) is 122 cm³/mol. The Labute approximate surface area is 186 Å². The molecule has 3 aromatic rings. The number of amides is 1. The van der Waals surface area contributed by atoms with Crippen molar-refractivity contribution in [3.63, 3.8) is 0 Å². The molecule has 0 unspecified atom stereocenters. The van der Waals surface area contributed by atoms with Gasteiger partial charge in [0.25, 0.3) is 5.56 Å². The van der Waals surface area contributed by atoms with Crippen molar-refractivity contribution in [1.82, 2.24) is 14.5 Å². The fraction of sp³-hybridized carbons (Fsp3) is 0.292. The molecule has 1 aromatic carbocycles. The zero-order valence-corrected chi connectivity index (χ0v) is 17.9. The number of aromatic nitrogens is 2. The lowest BCUT2D eigenvalue weighted by Gasteiger charge is -2.25. The number of anilines is 1. The summed E-state index contributed by atoms with van der Waals surface area (Å²) in [6.45, 7) is 4.07. The molecule has 0 aliphatic carbocycles. The Balaban J connectivity index is 1.42. The van der Waals surface area contributed by atoms with Crippen LogP contribution in [0.2, 0.25) is 0 Å². The first-order valence-electron chi connectivity index (χ1n) is 10.7. The van der Waals surface area contributed by atoms with Crippen LogP contribution in [0, 0.1) is 0 Å². The number of carboxylic acid groups (broad SMARTS) is 1. The lowest BCUT2D eigenvalue weighted by atomic mass is 10.2. The fourth-order valence-corrected chi connectivity index (χ4v) is 3.97. The highest BCUT2D eigenvalue weighted by molar-refractivity contribution is 5.65. The lowest BCUT2D eigenvalue weighted by Crippen LogP contribution is -2.41. The first-order chi connectivity index (χ1) is 15.5. The third-order valence-corrected chi connectivity index (χ3v) is 5.66. The summed E-state index contributed by atoms with van der Waals surface area (Å²) >= 11 is 0. The molecule has 8 nitrogen and oxygen atoms in total. The standard InChI is InChI=1S/C24H26N4O4/c1-2-27(24(30)31)20-10-12-26(16-20)22-9-8-19(15-25-22)28-13-11-21(14-23(28)29)32-17-18-6-4-3-5-7-18/h3-9,11,13-15,20H,2,10,12,16-17H2,1H3,(H,30,31)/t20-/m1/s1. The van der Waals surface area contributed by atoms with E-state index < -0.39 is 6.09 Å². The average molecular weight is 434 g/mol. The van der Waals surface area contributed by atoms with E-state index in [1.54, 1.807) is 18.5 Å². The van der Waals surface area contributed by atoms with Crippen LogP contribution < -0.4 is 15.2 Å². The second-order valence-electron chi connectivity index (χ2n) is 7.68. The van der Waals surface area contributed by atoms with Crippen molar-refractivity contribution < 1.29 is 14.6 Å². The fourth-order valence-electron chi connectivity index (χ4n) is 3.97. The summed E-state index contributed by atoms with van der Waals surface area (Å²) in [5.41, 5.74) is 1.49. The number of likely N-dealkylation sites (N-methyl/N-ethyl adjacent to an activating group) is 1. The molecule has 4 rings (SSSR count). The van der Waals surface area contributed by atoms with Crippen LogP contribution >= 0.6 is 0 Å². The summed E-state index contributed by atoms with van der Waals surface area (Å²) in [6.07, 6.45) is 3.21. The summed E-state index contributed by atoms with van der Waals surface area (Å²) in [6, 6.07) is 16.7. The second kappa shape index (κ2) is 9.55. The molecule has 1 fully saturated rings. The number of carbonyl (C=O) groups is 1. The molecule has 0 bridgehead atoms. The van der Waals surface area contributed by atoms with E-state index in [-0.39, 0.29) is 11.6 Å². The first-order valence-corrected chi connectivity index (χ1v) is 10.7. The average Bonchev–Trinajstić information content (AvgIpc) is 3.28. The van der Waals surface area contributed by atoms with E-state index in [0.717, 1.165) is 24.3 Å². The van der Waals surface area contributed by atoms with Crippen LogP contribution in [0.15, 0.2) is 71.8 Å². The normalized spacial score (nSPS) is 15.5. The second-order valence-corrected chi connectivity index (χ2v) is 7.68. The molecule has 1 saturated heterocycles. The summed E-state index contributed by atoms with van der Waals surface area (Å²) in [4.78, 5) is 32.0. The Hall–Kier alpha value is -3.81. The van der Waals surface area contributed by atoms with Gasteiger partial charge in [-0.05, 0) is 37.1 Å². The van der Waals surface area contributed by atoms with E-state index in [1.165, 1.54) is 15.5 Å². The van der Waals surface area contributed by atoms with Gasteiger partial charge in [-0.15, -0.1) is 0 Å². The molecule has 2 aromatic heterocycles. The van der Waals surface area contributed by atoms with Crippen LogP contribution in [-0.2, 0) is 6.61 Å². The Morgan fingerprint density at radius 2 is 2.03 bits per heavy atom. The molecular weight excluding hydrogens is 408 g/mol. The van der Waals surface area contributed by atoms with E-state index >= 15 is 0 Å². The lowest BCUT2D eigenvalue weighted by molar-refractivity contribution is 0.131. The van der Waals surface area contributed by atoms with Gasteiger partial charge in [0.05, 0.1) is 17.9 Å². The maximum absolute atomic E-state index is 12.6. The van der Waals surface area contributed by atoms with Crippen LogP contribution in [0.1, 0.15) is 18.9 Å². The molecule has 1 aliphatic rings. The van der Waals surface area contributed by atoms with Gasteiger partial charge < -0.3 is 19.6 Å². The van der Waals surface area contributed by atoms with Crippen molar-refractivity contribution in [3.8, 4) is 11.4 Å². The molecule has 1 amide bonds. The number of nitrogens with zero attached hydrogens (tertiary/aromatic N) is 4. The minimum atomic E-state index is -0.891. The number of pyridine rings is 2. The molecular formula is C24H26N4O4. The minimum absolute atomic E-state index is 0.0370. The zero-order chi connectivity index (χ0) is 22.5. The van der Waals surface area contributed by atoms with Crippen molar-refractivity contribution in [1.29, 1.82) is 0 Å². The summed E-state index contributed by atoms with van der Waals surface area (Å²) in [5, 5.41) is 9.34. The van der Waals surface area contributed by atoms with Crippen molar-refractivity contribution in [2.24, 2.45) is 0 Å². The largest absolute Gasteiger partial charge is 0.489 e. The maximum atomic E-state index is 12.6. The highest BCUT2D eigenvalue weighted by Crippen LogP contribution is 2.22. The number of hydrogen-bond acceptors (Lipinski definition) is 5. The van der Waals surface area contributed by atoms with Gasteiger partial charge in [-0.2, -0.15) is 0 Å². The van der Waals surface area contributed by atoms with Crippen molar-refractivity contribution in [2.75, 3.05) is 24.5 Å². The first kappa shape index (κ1) is 21.4. The summed E-state index contributed by atoms with van der Waals surface area (Å²) < 4.78 is 7.24. The predicted octanol–water partition coefficient (Wildman–Crippen LogP) is 3.39.